The fourth-order valence-electron chi connectivity index (χ4n) is 5.44. The number of nitrogens with zero attached hydrogens (tertiary/aromatic N) is 3. The van der Waals surface area contributed by atoms with Gasteiger partial charge in [-0.3, -0.25) is 14.4 Å². The SMILES string of the molecule is Cc1ccc(N(C)C(=O)c2ccc(NC(=O)c3ccccc3OCCCN)c(C)c2)c(OCCCCCC(=O)N2CCN(C)CC2)c1.Cl.Cl. The number of carbonyl (C=O) groups excluding carboxylic acids is 3. The Morgan fingerprint density at radius 2 is 1.53 bits per heavy atom. The number of anilines is 2. The minimum absolute atomic E-state index is 0. The highest BCUT2D eigenvalue weighted by Crippen LogP contribution is 2.31. The zero-order valence-corrected chi connectivity index (χ0v) is 30.7. The number of hydrogen-bond acceptors (Lipinski definition) is 7. The van der Waals surface area contributed by atoms with Crippen LogP contribution in [-0.2, 0) is 4.79 Å². The molecule has 3 aromatic rings. The first-order valence-corrected chi connectivity index (χ1v) is 16.5. The number of hydrogen-bond donors (Lipinski definition) is 2. The van der Waals surface area contributed by atoms with Gasteiger partial charge >= 0.3 is 0 Å². The fraction of sp³-hybridized carbons (Fsp3) is 0.432. The van der Waals surface area contributed by atoms with Gasteiger partial charge < -0.3 is 35.2 Å². The number of nitrogens with two attached hydrogens (primary N) is 1. The van der Waals surface area contributed by atoms with Gasteiger partial charge in [0.25, 0.3) is 11.8 Å². The van der Waals surface area contributed by atoms with Crippen LogP contribution in [0.5, 0.6) is 11.5 Å². The van der Waals surface area contributed by atoms with E-state index in [1.54, 1.807) is 48.3 Å². The smallest absolute Gasteiger partial charge is 0.259 e. The third-order valence-corrected chi connectivity index (χ3v) is 8.39. The van der Waals surface area contributed by atoms with Gasteiger partial charge in [0.1, 0.15) is 11.5 Å². The predicted octanol–water partition coefficient (Wildman–Crippen LogP) is 6.12. The van der Waals surface area contributed by atoms with Gasteiger partial charge in [0.2, 0.25) is 5.91 Å². The van der Waals surface area contributed by atoms with Gasteiger partial charge in [0, 0.05) is 50.9 Å². The van der Waals surface area contributed by atoms with E-state index >= 15 is 0 Å². The van der Waals surface area contributed by atoms with Crippen LogP contribution < -0.4 is 25.4 Å². The number of para-hydroxylation sites is 1. The second kappa shape index (κ2) is 20.6. The average Bonchev–Trinajstić information content (AvgIpc) is 3.07. The Labute approximate surface area is 303 Å². The van der Waals surface area contributed by atoms with Crippen LogP contribution in [0.2, 0.25) is 0 Å². The Morgan fingerprint density at radius 3 is 2.24 bits per heavy atom. The summed E-state index contributed by atoms with van der Waals surface area (Å²) in [5.74, 6) is 0.885. The predicted molar refractivity (Wildman–Crippen MR) is 201 cm³/mol. The molecule has 1 aliphatic rings. The normalized spacial score (nSPS) is 12.7. The van der Waals surface area contributed by atoms with E-state index in [0.29, 0.717) is 66.6 Å². The molecule has 3 amide bonds. The van der Waals surface area contributed by atoms with Crippen LogP contribution in [0.4, 0.5) is 11.4 Å². The van der Waals surface area contributed by atoms with E-state index in [1.807, 2.05) is 43.0 Å². The van der Waals surface area contributed by atoms with Crippen molar-refractivity contribution in [3.05, 3.63) is 82.9 Å². The number of benzene rings is 3. The Kier molecular flexibility index (Phi) is 17.4. The maximum Gasteiger partial charge on any atom is 0.259 e. The molecule has 49 heavy (non-hydrogen) atoms. The number of halogens is 2. The third kappa shape index (κ3) is 11.9. The van der Waals surface area contributed by atoms with Crippen molar-refractivity contribution in [2.24, 2.45) is 5.73 Å². The highest BCUT2D eigenvalue weighted by molar-refractivity contribution is 6.08. The van der Waals surface area contributed by atoms with Gasteiger partial charge in [-0.15, -0.1) is 24.8 Å². The molecule has 268 valence electrons. The van der Waals surface area contributed by atoms with Crippen LogP contribution in [-0.4, -0.2) is 87.6 Å². The van der Waals surface area contributed by atoms with Crippen molar-refractivity contribution < 1.29 is 23.9 Å². The zero-order chi connectivity index (χ0) is 33.8. The van der Waals surface area contributed by atoms with Gasteiger partial charge in [-0.2, -0.15) is 0 Å². The number of aryl methyl sites for hydroxylation is 2. The van der Waals surface area contributed by atoms with Crippen molar-refractivity contribution in [1.82, 2.24) is 9.80 Å². The summed E-state index contributed by atoms with van der Waals surface area (Å²) < 4.78 is 11.9. The second-order valence-electron chi connectivity index (χ2n) is 12.1. The van der Waals surface area contributed by atoms with Crippen molar-refractivity contribution in [3.63, 3.8) is 0 Å². The molecule has 4 rings (SSSR count). The molecule has 0 saturated carbocycles. The number of carbonyl (C=O) groups is 3. The molecule has 1 saturated heterocycles. The number of rotatable bonds is 15. The number of nitrogens with one attached hydrogen (secondary N) is 1. The molecule has 10 nitrogen and oxygen atoms in total. The third-order valence-electron chi connectivity index (χ3n) is 8.39. The topological polar surface area (TPSA) is 117 Å². The molecule has 0 unspecified atom stereocenters. The molecule has 0 aromatic heterocycles. The average molecular weight is 717 g/mol. The second-order valence-corrected chi connectivity index (χ2v) is 12.1. The van der Waals surface area contributed by atoms with Crippen molar-refractivity contribution in [2.75, 3.05) is 70.2 Å². The number of amides is 3. The van der Waals surface area contributed by atoms with Crippen LogP contribution in [0.15, 0.2) is 60.7 Å². The molecule has 0 bridgehead atoms. The summed E-state index contributed by atoms with van der Waals surface area (Å²) in [6.45, 7) is 8.76. The van der Waals surface area contributed by atoms with E-state index in [2.05, 4.69) is 17.3 Å². The van der Waals surface area contributed by atoms with Gasteiger partial charge in [-0.25, -0.2) is 0 Å². The lowest BCUT2D eigenvalue weighted by Gasteiger charge is -2.32. The summed E-state index contributed by atoms with van der Waals surface area (Å²) in [5.41, 5.74) is 9.55. The largest absolute Gasteiger partial charge is 0.493 e. The Bertz CT molecular complexity index is 1530. The van der Waals surface area contributed by atoms with E-state index in [4.69, 9.17) is 15.2 Å². The van der Waals surface area contributed by atoms with E-state index in [-0.39, 0.29) is 42.5 Å². The summed E-state index contributed by atoms with van der Waals surface area (Å²) in [4.78, 5) is 45.0. The monoisotopic (exact) mass is 715 g/mol. The van der Waals surface area contributed by atoms with Gasteiger partial charge in [-0.1, -0.05) is 18.2 Å². The zero-order valence-electron chi connectivity index (χ0n) is 29.0. The Balaban J connectivity index is 0.00000417. The van der Waals surface area contributed by atoms with Crippen LogP contribution in [0.25, 0.3) is 0 Å². The Hall–Kier alpha value is -3.83. The van der Waals surface area contributed by atoms with Crippen molar-refractivity contribution in [3.8, 4) is 11.5 Å². The van der Waals surface area contributed by atoms with E-state index in [1.165, 1.54) is 0 Å². The van der Waals surface area contributed by atoms with E-state index in [9.17, 15) is 14.4 Å². The van der Waals surface area contributed by atoms with Crippen LogP contribution in [0.1, 0.15) is 63.9 Å². The molecule has 0 atom stereocenters. The van der Waals surface area contributed by atoms with Crippen LogP contribution in [0.3, 0.4) is 0 Å². The highest BCUT2D eigenvalue weighted by atomic mass is 35.5. The molecule has 1 aliphatic heterocycles. The lowest BCUT2D eigenvalue weighted by atomic mass is 10.1. The summed E-state index contributed by atoms with van der Waals surface area (Å²) in [7, 11) is 3.82. The van der Waals surface area contributed by atoms with Crippen LogP contribution in [0, 0.1) is 13.8 Å². The lowest BCUT2D eigenvalue weighted by molar-refractivity contribution is -0.132. The molecule has 0 spiro atoms. The summed E-state index contributed by atoms with van der Waals surface area (Å²) in [5, 5.41) is 2.95. The molecule has 0 aliphatic carbocycles. The van der Waals surface area contributed by atoms with Crippen molar-refractivity contribution in [1.29, 1.82) is 0 Å². The molecular formula is C37H51Cl2N5O5. The molecule has 3 N–H and O–H groups in total. The maximum absolute atomic E-state index is 13.6. The quantitative estimate of drug-likeness (QED) is 0.182. The van der Waals surface area contributed by atoms with Crippen LogP contribution >= 0.6 is 24.8 Å². The summed E-state index contributed by atoms with van der Waals surface area (Å²) in [6.07, 6.45) is 3.80. The first-order chi connectivity index (χ1) is 22.7. The molecule has 3 aromatic carbocycles. The molecule has 1 heterocycles. The number of piperazine rings is 1. The standard InChI is InChI=1S/C37H49N5O5.2ClH/c1-27-14-17-32(34(25-27)47-23-9-5-6-13-35(43)42-21-19-40(3)20-22-42)41(4)37(45)29-15-16-31(28(2)26-29)39-36(44)30-11-7-8-12-33(30)46-24-10-18-38;;/h7-8,11-12,14-17,25-26H,5-6,9-10,13,18-24,38H2,1-4H3,(H,39,44);2*1H. The van der Waals surface area contributed by atoms with E-state index < -0.39 is 0 Å². The number of ether oxygens (including phenoxy) is 2. The van der Waals surface area contributed by atoms with Crippen molar-refractivity contribution >= 4 is 53.9 Å². The Morgan fingerprint density at radius 1 is 0.837 bits per heavy atom. The lowest BCUT2D eigenvalue weighted by Crippen LogP contribution is -2.47. The van der Waals surface area contributed by atoms with Gasteiger partial charge in [0.05, 0.1) is 24.5 Å². The summed E-state index contributed by atoms with van der Waals surface area (Å²) in [6, 6.07) is 18.1. The van der Waals surface area contributed by atoms with Gasteiger partial charge in [-0.05, 0) is 107 Å². The molecule has 12 heteroatoms. The minimum atomic E-state index is -0.296. The maximum atomic E-state index is 13.6. The minimum Gasteiger partial charge on any atom is -0.493 e. The molecule has 1 fully saturated rings. The first kappa shape index (κ1) is 41.3. The van der Waals surface area contributed by atoms with Crippen molar-refractivity contribution in [2.45, 2.75) is 46.0 Å². The summed E-state index contributed by atoms with van der Waals surface area (Å²) >= 11 is 0. The molecule has 0 radical (unpaired) electrons. The first-order valence-electron chi connectivity index (χ1n) is 16.5. The number of likely N-dealkylation sites (N-methyl/N-ethyl adjacent to an activating group) is 1. The highest BCUT2D eigenvalue weighted by Gasteiger charge is 2.21. The molecular weight excluding hydrogens is 665 g/mol. The van der Waals surface area contributed by atoms with E-state index in [0.717, 1.165) is 56.6 Å². The van der Waals surface area contributed by atoms with Gasteiger partial charge in [0.15, 0.2) is 0 Å². The number of unbranched alkanes of at least 4 members (excludes halogenated alkanes) is 2. The fourth-order valence-corrected chi connectivity index (χ4v) is 5.44.